The van der Waals surface area contributed by atoms with Crippen LogP contribution in [-0.4, -0.2) is 36.6 Å². The summed E-state index contributed by atoms with van der Waals surface area (Å²) in [6.45, 7) is 5.71. The van der Waals surface area contributed by atoms with E-state index in [2.05, 4.69) is 13.8 Å². The molecule has 0 aliphatic carbocycles. The van der Waals surface area contributed by atoms with Crippen LogP contribution in [0.5, 0.6) is 0 Å². The van der Waals surface area contributed by atoms with E-state index in [1.54, 1.807) is 0 Å². The van der Waals surface area contributed by atoms with E-state index in [1.807, 2.05) is 6.07 Å². The van der Waals surface area contributed by atoms with Crippen molar-refractivity contribution in [2.75, 3.05) is 25.6 Å². The molecule has 1 heterocycles. The normalized spacial score (nSPS) is 17.3. The molecule has 1 aliphatic heterocycles. The Hall–Kier alpha value is -1.11. The molecule has 1 fully saturated rings. The molecule has 0 aromatic heterocycles. The third-order valence-electron chi connectivity index (χ3n) is 5.33. The van der Waals surface area contributed by atoms with Crippen LogP contribution in [0.2, 0.25) is 0 Å². The van der Waals surface area contributed by atoms with Crippen LogP contribution in [0.15, 0.2) is 23.1 Å². The summed E-state index contributed by atoms with van der Waals surface area (Å²) in [6, 6.07) is 4.66. The number of thioether (sulfide) groups is 1. The second kappa shape index (κ2) is 11.8. The predicted molar refractivity (Wildman–Crippen MR) is 110 cm³/mol. The van der Waals surface area contributed by atoms with Gasteiger partial charge < -0.3 is 14.6 Å². The topological polar surface area (TPSA) is 55.8 Å². The van der Waals surface area contributed by atoms with Crippen molar-refractivity contribution >= 4 is 17.7 Å². The number of esters is 1. The van der Waals surface area contributed by atoms with E-state index in [-0.39, 0.29) is 11.8 Å². The number of aliphatic hydroxyl groups is 1. The molecular formula is C22H33FO4S. The van der Waals surface area contributed by atoms with Crippen LogP contribution >= 0.6 is 11.8 Å². The van der Waals surface area contributed by atoms with Crippen LogP contribution in [0.3, 0.4) is 0 Å². The summed E-state index contributed by atoms with van der Waals surface area (Å²) in [5.41, 5.74) is -0.454. The van der Waals surface area contributed by atoms with Gasteiger partial charge in [-0.1, -0.05) is 33.1 Å². The van der Waals surface area contributed by atoms with Gasteiger partial charge in [-0.15, -0.1) is 11.8 Å². The summed E-state index contributed by atoms with van der Waals surface area (Å²) >= 11 is 1.41. The van der Waals surface area contributed by atoms with Crippen LogP contribution in [0, 0.1) is 11.7 Å². The molecule has 1 aromatic carbocycles. The van der Waals surface area contributed by atoms with Gasteiger partial charge in [0.2, 0.25) is 0 Å². The van der Waals surface area contributed by atoms with Crippen molar-refractivity contribution < 1.29 is 23.8 Å². The van der Waals surface area contributed by atoms with Gasteiger partial charge in [0.25, 0.3) is 0 Å². The first-order valence-electron chi connectivity index (χ1n) is 10.4. The molecule has 1 aromatic rings. The van der Waals surface area contributed by atoms with Crippen molar-refractivity contribution in [3.05, 3.63) is 29.6 Å². The fourth-order valence-electron chi connectivity index (χ4n) is 3.35. The quantitative estimate of drug-likeness (QED) is 0.406. The summed E-state index contributed by atoms with van der Waals surface area (Å²) in [5.74, 6) is 0.378. The largest absolute Gasteiger partial charge is 0.465 e. The van der Waals surface area contributed by atoms with Gasteiger partial charge in [-0.3, -0.25) is 4.79 Å². The highest BCUT2D eigenvalue weighted by molar-refractivity contribution is 7.99. The molecule has 1 atom stereocenters. The first kappa shape index (κ1) is 23.2. The van der Waals surface area contributed by atoms with E-state index in [9.17, 15) is 14.3 Å². The first-order valence-corrected chi connectivity index (χ1v) is 11.3. The van der Waals surface area contributed by atoms with E-state index in [4.69, 9.17) is 9.47 Å². The number of ether oxygens (including phenoxy) is 2. The Morgan fingerprint density at radius 2 is 2.07 bits per heavy atom. The van der Waals surface area contributed by atoms with Gasteiger partial charge in [-0.05, 0) is 36.1 Å². The molecule has 1 N–H and O–H groups in total. The molecule has 4 nitrogen and oxygen atoms in total. The second-order valence-corrected chi connectivity index (χ2v) is 8.69. The third kappa shape index (κ3) is 7.37. The summed E-state index contributed by atoms with van der Waals surface area (Å²) in [6.07, 6.45) is 5.63. The van der Waals surface area contributed by atoms with E-state index < -0.39 is 5.60 Å². The molecule has 0 radical (unpaired) electrons. The van der Waals surface area contributed by atoms with Gasteiger partial charge >= 0.3 is 5.97 Å². The lowest BCUT2D eigenvalue weighted by molar-refractivity contribution is -0.144. The maximum atomic E-state index is 14.0. The highest BCUT2D eigenvalue weighted by Gasteiger charge is 2.32. The lowest BCUT2D eigenvalue weighted by atomic mass is 9.86. The fraction of sp³-hybridized carbons (Fsp3) is 0.682. The van der Waals surface area contributed by atoms with Crippen molar-refractivity contribution in [2.45, 2.75) is 69.3 Å². The molecule has 2 rings (SSSR count). The van der Waals surface area contributed by atoms with Crippen molar-refractivity contribution in [2.24, 2.45) is 5.92 Å². The fourth-order valence-corrected chi connectivity index (χ4v) is 4.26. The van der Waals surface area contributed by atoms with E-state index in [0.29, 0.717) is 56.3 Å². The van der Waals surface area contributed by atoms with Gasteiger partial charge in [0.05, 0.1) is 18.6 Å². The minimum Gasteiger partial charge on any atom is -0.465 e. The zero-order chi connectivity index (χ0) is 20.4. The SMILES string of the molecule is CCCCC(CC)COC(=O)CCSc1cc(F)cc(C2(O)CCOCC2)c1. The van der Waals surface area contributed by atoms with Crippen LogP contribution in [0.1, 0.15) is 64.4 Å². The first-order chi connectivity index (χ1) is 13.5. The molecule has 1 saturated heterocycles. The van der Waals surface area contributed by atoms with Crippen molar-refractivity contribution in [3.63, 3.8) is 0 Å². The molecule has 0 bridgehead atoms. The number of rotatable bonds is 11. The standard InChI is InChI=1S/C22H33FO4S/c1-3-5-6-17(4-2)16-27-21(24)7-12-28-20-14-18(13-19(23)15-20)22(25)8-10-26-11-9-22/h13-15,17,25H,3-12,16H2,1-2H3. The lowest BCUT2D eigenvalue weighted by Gasteiger charge is -2.32. The summed E-state index contributed by atoms with van der Waals surface area (Å²) in [5, 5.41) is 10.8. The molecule has 158 valence electrons. The van der Waals surface area contributed by atoms with Crippen LogP contribution in [-0.2, 0) is 19.9 Å². The maximum absolute atomic E-state index is 14.0. The Morgan fingerprint density at radius 1 is 1.32 bits per heavy atom. The Balaban J connectivity index is 1.81. The molecule has 0 spiro atoms. The minimum atomic E-state index is -1.04. The molecule has 0 amide bonds. The van der Waals surface area contributed by atoms with Crippen LogP contribution < -0.4 is 0 Å². The number of carbonyl (C=O) groups excluding carboxylic acids is 1. The molecule has 6 heteroatoms. The van der Waals surface area contributed by atoms with E-state index in [0.717, 1.165) is 30.6 Å². The molecule has 28 heavy (non-hydrogen) atoms. The third-order valence-corrected chi connectivity index (χ3v) is 6.30. The van der Waals surface area contributed by atoms with Crippen molar-refractivity contribution in [1.82, 2.24) is 0 Å². The summed E-state index contributed by atoms with van der Waals surface area (Å²) < 4.78 is 24.7. The number of hydrogen-bond donors (Lipinski definition) is 1. The van der Waals surface area contributed by atoms with Gasteiger partial charge in [0, 0.05) is 36.7 Å². The number of carbonyl (C=O) groups is 1. The Bertz CT molecular complexity index is 617. The zero-order valence-electron chi connectivity index (χ0n) is 17.0. The molecular weight excluding hydrogens is 379 g/mol. The Morgan fingerprint density at radius 3 is 2.75 bits per heavy atom. The van der Waals surface area contributed by atoms with Gasteiger partial charge in [-0.25, -0.2) is 4.39 Å². The van der Waals surface area contributed by atoms with Gasteiger partial charge in [0.15, 0.2) is 0 Å². The highest BCUT2D eigenvalue weighted by Crippen LogP contribution is 2.34. The average Bonchev–Trinajstić information content (AvgIpc) is 2.68. The van der Waals surface area contributed by atoms with E-state index in [1.165, 1.54) is 23.9 Å². The number of halogens is 1. The monoisotopic (exact) mass is 412 g/mol. The van der Waals surface area contributed by atoms with Crippen molar-refractivity contribution in [1.29, 1.82) is 0 Å². The highest BCUT2D eigenvalue weighted by atomic mass is 32.2. The Kier molecular flexibility index (Phi) is 9.75. The number of unbranched alkanes of at least 4 members (excludes halogenated alkanes) is 1. The predicted octanol–water partition coefficient (Wildman–Crippen LogP) is 5.07. The van der Waals surface area contributed by atoms with Gasteiger partial charge in [0.1, 0.15) is 5.82 Å². The minimum absolute atomic E-state index is 0.206. The molecule has 0 saturated carbocycles. The molecule has 1 aliphatic rings. The second-order valence-electron chi connectivity index (χ2n) is 7.52. The summed E-state index contributed by atoms with van der Waals surface area (Å²) in [4.78, 5) is 12.7. The maximum Gasteiger partial charge on any atom is 0.306 e. The molecule has 1 unspecified atom stereocenters. The zero-order valence-corrected chi connectivity index (χ0v) is 17.9. The summed E-state index contributed by atoms with van der Waals surface area (Å²) in [7, 11) is 0. The Labute approximate surface area is 172 Å². The van der Waals surface area contributed by atoms with Crippen LogP contribution in [0.25, 0.3) is 0 Å². The lowest BCUT2D eigenvalue weighted by Crippen LogP contribution is -2.33. The van der Waals surface area contributed by atoms with Crippen LogP contribution in [0.4, 0.5) is 4.39 Å². The van der Waals surface area contributed by atoms with Crippen molar-refractivity contribution in [3.8, 4) is 0 Å². The number of hydrogen-bond acceptors (Lipinski definition) is 5. The average molecular weight is 413 g/mol. The smallest absolute Gasteiger partial charge is 0.306 e. The van der Waals surface area contributed by atoms with Gasteiger partial charge in [-0.2, -0.15) is 0 Å². The number of benzene rings is 1. The van der Waals surface area contributed by atoms with E-state index >= 15 is 0 Å².